The molecule has 1 aromatic carbocycles. The summed E-state index contributed by atoms with van der Waals surface area (Å²) in [6, 6.07) is 5.00. The van der Waals surface area contributed by atoms with Crippen molar-refractivity contribution in [1.29, 1.82) is 0 Å². The van der Waals surface area contributed by atoms with Gasteiger partial charge in [0.25, 0.3) is 0 Å². The lowest BCUT2D eigenvalue weighted by Gasteiger charge is -2.07. The van der Waals surface area contributed by atoms with Gasteiger partial charge in [0.2, 0.25) is 5.95 Å². The van der Waals surface area contributed by atoms with E-state index in [-0.39, 0.29) is 5.82 Å². The molecule has 2 N–H and O–H groups in total. The second-order valence-corrected chi connectivity index (χ2v) is 5.83. The van der Waals surface area contributed by atoms with Crippen molar-refractivity contribution in [3.63, 3.8) is 0 Å². The largest absolute Gasteiger partial charge is 0.369 e. The van der Waals surface area contributed by atoms with Crippen molar-refractivity contribution in [2.45, 2.75) is 52.5 Å². The molecular weight excluding hydrogens is 253 g/mol. The van der Waals surface area contributed by atoms with E-state index in [1.807, 2.05) is 10.6 Å². The highest BCUT2D eigenvalue weighted by atomic mass is 19.1. The Morgan fingerprint density at radius 3 is 2.70 bits per heavy atom. The number of para-hydroxylation sites is 1. The van der Waals surface area contributed by atoms with Crippen molar-refractivity contribution in [2.24, 2.45) is 5.92 Å². The molecule has 0 radical (unpaired) electrons. The van der Waals surface area contributed by atoms with Gasteiger partial charge in [0.1, 0.15) is 5.52 Å². The number of anilines is 1. The number of aryl methyl sites for hydroxylation is 1. The first-order chi connectivity index (χ1) is 9.59. The summed E-state index contributed by atoms with van der Waals surface area (Å²) in [7, 11) is 0. The number of hydrogen-bond acceptors (Lipinski definition) is 2. The van der Waals surface area contributed by atoms with Crippen LogP contribution in [0.15, 0.2) is 18.2 Å². The Balaban J connectivity index is 1.90. The molecule has 3 nitrogen and oxygen atoms in total. The van der Waals surface area contributed by atoms with Gasteiger partial charge in [0.15, 0.2) is 5.82 Å². The van der Waals surface area contributed by atoms with Crippen LogP contribution in [-0.2, 0) is 6.54 Å². The fraction of sp³-hybridized carbons (Fsp3) is 0.562. The maximum Gasteiger partial charge on any atom is 0.201 e. The van der Waals surface area contributed by atoms with Crippen LogP contribution in [0.3, 0.4) is 0 Å². The number of fused-ring (bicyclic) bond motifs is 1. The molecule has 0 aliphatic heterocycles. The lowest BCUT2D eigenvalue weighted by atomic mass is 10.0. The van der Waals surface area contributed by atoms with Crippen LogP contribution in [0.25, 0.3) is 11.0 Å². The zero-order valence-corrected chi connectivity index (χ0v) is 12.4. The Morgan fingerprint density at radius 2 is 1.95 bits per heavy atom. The average Bonchev–Trinajstić information content (AvgIpc) is 2.71. The first-order valence-electron chi connectivity index (χ1n) is 7.50. The number of aromatic nitrogens is 2. The van der Waals surface area contributed by atoms with Gasteiger partial charge in [-0.05, 0) is 24.5 Å². The maximum absolute atomic E-state index is 13.6. The summed E-state index contributed by atoms with van der Waals surface area (Å²) in [5, 5.41) is 0. The van der Waals surface area contributed by atoms with Crippen LogP contribution in [0.2, 0.25) is 0 Å². The van der Waals surface area contributed by atoms with E-state index in [0.717, 1.165) is 24.4 Å². The molecule has 0 atom stereocenters. The van der Waals surface area contributed by atoms with Gasteiger partial charge in [-0.25, -0.2) is 9.37 Å². The standard InChI is InChI=1S/C16H24FN3/c1-12(2)8-5-3-4-6-11-20-14-10-7-9-13(17)15(14)19-16(20)18/h7,9-10,12H,3-6,8,11H2,1-2H3,(H2,18,19). The maximum atomic E-state index is 13.6. The van der Waals surface area contributed by atoms with Crippen LogP contribution < -0.4 is 5.73 Å². The summed E-state index contributed by atoms with van der Waals surface area (Å²) in [6.45, 7) is 5.33. The van der Waals surface area contributed by atoms with Crippen molar-refractivity contribution < 1.29 is 4.39 Å². The molecule has 1 heterocycles. The third kappa shape index (κ3) is 3.50. The normalized spacial score (nSPS) is 11.6. The fourth-order valence-electron chi connectivity index (χ4n) is 2.54. The molecule has 20 heavy (non-hydrogen) atoms. The molecule has 4 heteroatoms. The third-order valence-corrected chi connectivity index (χ3v) is 3.67. The molecule has 0 spiro atoms. The summed E-state index contributed by atoms with van der Waals surface area (Å²) < 4.78 is 15.5. The lowest BCUT2D eigenvalue weighted by Crippen LogP contribution is -2.03. The van der Waals surface area contributed by atoms with Crippen LogP contribution in [0.1, 0.15) is 46.0 Å². The van der Waals surface area contributed by atoms with E-state index in [0.29, 0.717) is 11.5 Å². The minimum absolute atomic E-state index is 0.301. The molecular formula is C16H24FN3. The molecule has 0 amide bonds. The number of nitrogens with zero attached hydrogens (tertiary/aromatic N) is 2. The van der Waals surface area contributed by atoms with Gasteiger partial charge in [-0.2, -0.15) is 0 Å². The van der Waals surface area contributed by atoms with E-state index in [1.54, 1.807) is 6.07 Å². The summed E-state index contributed by atoms with van der Waals surface area (Å²) in [5.74, 6) is 0.892. The first-order valence-corrected chi connectivity index (χ1v) is 7.50. The summed E-state index contributed by atoms with van der Waals surface area (Å²) in [6.07, 6.45) is 6.07. The van der Waals surface area contributed by atoms with Gasteiger partial charge in [-0.1, -0.05) is 45.6 Å². The Morgan fingerprint density at radius 1 is 1.20 bits per heavy atom. The van der Waals surface area contributed by atoms with E-state index in [2.05, 4.69) is 18.8 Å². The SMILES string of the molecule is CC(C)CCCCCCn1c(N)nc2c(F)cccc21. The topological polar surface area (TPSA) is 43.8 Å². The molecule has 0 fully saturated rings. The van der Waals surface area contributed by atoms with Crippen molar-refractivity contribution in [3.05, 3.63) is 24.0 Å². The molecule has 0 unspecified atom stereocenters. The molecule has 0 saturated heterocycles. The van der Waals surface area contributed by atoms with Gasteiger partial charge in [0, 0.05) is 6.54 Å². The smallest absolute Gasteiger partial charge is 0.201 e. The Kier molecular flexibility index (Phi) is 4.99. The minimum atomic E-state index is -0.301. The molecule has 0 bridgehead atoms. The lowest BCUT2D eigenvalue weighted by molar-refractivity contribution is 0.508. The monoisotopic (exact) mass is 277 g/mol. The van der Waals surface area contributed by atoms with Crippen LogP contribution in [0.4, 0.5) is 10.3 Å². The van der Waals surface area contributed by atoms with Crippen LogP contribution in [0.5, 0.6) is 0 Å². The second kappa shape index (κ2) is 6.73. The van der Waals surface area contributed by atoms with Crippen molar-refractivity contribution in [3.8, 4) is 0 Å². The number of unbranched alkanes of at least 4 members (excludes halogenated alkanes) is 3. The van der Waals surface area contributed by atoms with Crippen LogP contribution >= 0.6 is 0 Å². The second-order valence-electron chi connectivity index (χ2n) is 5.83. The number of rotatable bonds is 7. The molecule has 0 saturated carbocycles. The highest BCUT2D eigenvalue weighted by Gasteiger charge is 2.10. The van der Waals surface area contributed by atoms with Gasteiger partial charge in [0.05, 0.1) is 5.52 Å². The van der Waals surface area contributed by atoms with E-state index in [1.165, 1.54) is 31.7 Å². The number of imidazole rings is 1. The highest BCUT2D eigenvalue weighted by Crippen LogP contribution is 2.21. The van der Waals surface area contributed by atoms with Crippen molar-refractivity contribution in [1.82, 2.24) is 9.55 Å². The van der Waals surface area contributed by atoms with Gasteiger partial charge >= 0.3 is 0 Å². The molecule has 0 aliphatic carbocycles. The first kappa shape index (κ1) is 14.8. The molecule has 110 valence electrons. The van der Waals surface area contributed by atoms with Gasteiger partial charge in [-0.15, -0.1) is 0 Å². The predicted molar refractivity (Wildman–Crippen MR) is 82.0 cm³/mol. The summed E-state index contributed by atoms with van der Waals surface area (Å²) >= 11 is 0. The summed E-state index contributed by atoms with van der Waals surface area (Å²) in [4.78, 5) is 4.12. The average molecular weight is 277 g/mol. The van der Waals surface area contributed by atoms with Gasteiger partial charge in [-0.3, -0.25) is 0 Å². The number of halogens is 1. The number of hydrogen-bond donors (Lipinski definition) is 1. The zero-order chi connectivity index (χ0) is 14.5. The van der Waals surface area contributed by atoms with E-state index >= 15 is 0 Å². The van der Waals surface area contributed by atoms with Crippen LogP contribution in [0, 0.1) is 11.7 Å². The minimum Gasteiger partial charge on any atom is -0.369 e. The number of nitrogens with two attached hydrogens (primary N) is 1. The van der Waals surface area contributed by atoms with Crippen LogP contribution in [-0.4, -0.2) is 9.55 Å². The Labute approximate surface area is 120 Å². The highest BCUT2D eigenvalue weighted by molar-refractivity contribution is 5.78. The number of benzene rings is 1. The Hall–Kier alpha value is -1.58. The molecule has 1 aromatic heterocycles. The van der Waals surface area contributed by atoms with E-state index in [9.17, 15) is 4.39 Å². The third-order valence-electron chi connectivity index (χ3n) is 3.67. The quantitative estimate of drug-likeness (QED) is 0.764. The summed E-state index contributed by atoms with van der Waals surface area (Å²) in [5.41, 5.74) is 7.06. The van der Waals surface area contributed by atoms with Crippen molar-refractivity contribution >= 4 is 17.0 Å². The van der Waals surface area contributed by atoms with Gasteiger partial charge < -0.3 is 10.3 Å². The van der Waals surface area contributed by atoms with E-state index in [4.69, 9.17) is 5.73 Å². The fourth-order valence-corrected chi connectivity index (χ4v) is 2.54. The van der Waals surface area contributed by atoms with Crippen molar-refractivity contribution in [2.75, 3.05) is 5.73 Å². The molecule has 2 aromatic rings. The molecule has 2 rings (SSSR count). The zero-order valence-electron chi connectivity index (χ0n) is 12.4. The predicted octanol–water partition coefficient (Wildman–Crippen LogP) is 4.36. The molecule has 0 aliphatic rings. The Bertz CT molecular complexity index is 560. The number of nitrogen functional groups attached to an aromatic ring is 1. The van der Waals surface area contributed by atoms with E-state index < -0.39 is 0 Å².